The van der Waals surface area contributed by atoms with Crippen LogP contribution in [0.4, 0.5) is 22.0 Å². The number of hydrogen-bond donors (Lipinski definition) is 0. The minimum absolute atomic E-state index is 0.276. The van der Waals surface area contributed by atoms with Crippen molar-refractivity contribution < 1.29 is 31.5 Å². The molecule has 0 fully saturated rings. The van der Waals surface area contributed by atoms with Crippen molar-refractivity contribution in [3.05, 3.63) is 11.7 Å². The molecule has 0 saturated carbocycles. The van der Waals surface area contributed by atoms with E-state index in [1.165, 1.54) is 25.7 Å². The molecule has 0 spiro atoms. The van der Waals surface area contributed by atoms with Gasteiger partial charge in [-0.2, -0.15) is 22.0 Å². The van der Waals surface area contributed by atoms with Crippen molar-refractivity contribution in [1.82, 2.24) is 0 Å². The molecule has 0 saturated heterocycles. The molecule has 0 rings (SSSR count). The van der Waals surface area contributed by atoms with Crippen molar-refractivity contribution in [3.63, 3.8) is 0 Å². The minimum Gasteiger partial charge on any atom is -0.462 e. The van der Waals surface area contributed by atoms with E-state index in [1.54, 1.807) is 0 Å². The molecule has 0 aromatic rings. The van der Waals surface area contributed by atoms with E-state index in [1.807, 2.05) is 0 Å². The molecular weight excluding hydrogens is 307 g/mol. The smallest absolute Gasteiger partial charge is 0.428 e. The van der Waals surface area contributed by atoms with Crippen LogP contribution >= 0.6 is 0 Å². The van der Waals surface area contributed by atoms with Crippen LogP contribution in [0.25, 0.3) is 0 Å². The van der Waals surface area contributed by atoms with Crippen LogP contribution in [0.5, 0.6) is 0 Å². The Labute approximate surface area is 127 Å². The highest BCUT2D eigenvalue weighted by Crippen LogP contribution is 2.30. The van der Waals surface area contributed by atoms with Crippen molar-refractivity contribution >= 4 is 5.97 Å². The lowest BCUT2D eigenvalue weighted by Gasteiger charge is -2.10. The van der Waals surface area contributed by atoms with E-state index < -0.39 is 23.8 Å². The Morgan fingerprint density at radius 2 is 1.32 bits per heavy atom. The molecule has 0 aliphatic rings. The topological polar surface area (TPSA) is 26.3 Å². The summed E-state index contributed by atoms with van der Waals surface area (Å²) in [5.41, 5.74) is -2.51. The number of rotatable bonds is 11. The Hall–Kier alpha value is -1.14. The Balaban J connectivity index is 3.75. The maximum absolute atomic E-state index is 12.2. The van der Waals surface area contributed by atoms with E-state index >= 15 is 0 Å². The zero-order valence-corrected chi connectivity index (χ0v) is 12.8. The van der Waals surface area contributed by atoms with Gasteiger partial charge in [0, 0.05) is 0 Å². The average molecular weight is 330 g/mol. The summed E-state index contributed by atoms with van der Waals surface area (Å²) >= 11 is 0. The molecule has 0 bridgehead atoms. The SMILES string of the molecule is CCCCCCCCCCCOC(=O)C(=C(F)F)C(F)(F)F. The minimum atomic E-state index is -5.39. The molecule has 2 nitrogen and oxygen atoms in total. The molecule has 0 N–H and O–H groups in total. The third-order valence-electron chi connectivity index (χ3n) is 3.16. The highest BCUT2D eigenvalue weighted by Gasteiger charge is 2.44. The molecule has 7 heteroatoms. The second kappa shape index (κ2) is 11.4. The summed E-state index contributed by atoms with van der Waals surface area (Å²) in [5.74, 6) is -2.01. The first-order valence-corrected chi connectivity index (χ1v) is 7.60. The van der Waals surface area contributed by atoms with Crippen LogP contribution in [-0.4, -0.2) is 18.8 Å². The van der Waals surface area contributed by atoms with Crippen molar-refractivity contribution in [2.45, 2.75) is 70.9 Å². The van der Waals surface area contributed by atoms with Gasteiger partial charge in [0.15, 0.2) is 0 Å². The Kier molecular flexibility index (Phi) is 10.8. The van der Waals surface area contributed by atoms with Gasteiger partial charge < -0.3 is 4.74 Å². The van der Waals surface area contributed by atoms with E-state index in [9.17, 15) is 26.7 Å². The molecule has 0 amide bonds. The Morgan fingerprint density at radius 1 is 0.864 bits per heavy atom. The first kappa shape index (κ1) is 20.9. The number of alkyl halides is 3. The summed E-state index contributed by atoms with van der Waals surface area (Å²) in [6, 6.07) is 0. The van der Waals surface area contributed by atoms with Gasteiger partial charge in [0.2, 0.25) is 5.57 Å². The standard InChI is InChI=1S/C15H23F5O2/c1-2-3-4-5-6-7-8-9-10-11-22-14(21)12(13(16)17)15(18,19)20/h2-11H2,1H3. The van der Waals surface area contributed by atoms with Gasteiger partial charge in [-0.3, -0.25) is 0 Å². The molecule has 0 aromatic heterocycles. The van der Waals surface area contributed by atoms with Crippen molar-refractivity contribution in [1.29, 1.82) is 0 Å². The second-order valence-corrected chi connectivity index (χ2v) is 5.10. The summed E-state index contributed by atoms with van der Waals surface area (Å²) in [5, 5.41) is 0. The molecule has 0 unspecified atom stereocenters. The largest absolute Gasteiger partial charge is 0.462 e. The fourth-order valence-electron chi connectivity index (χ4n) is 1.95. The first-order valence-electron chi connectivity index (χ1n) is 7.60. The summed E-state index contributed by atoms with van der Waals surface area (Å²) < 4.78 is 65.0. The number of carbonyl (C=O) groups is 1. The average Bonchev–Trinajstić information content (AvgIpc) is 2.38. The van der Waals surface area contributed by atoms with Crippen LogP contribution < -0.4 is 0 Å². The lowest BCUT2D eigenvalue weighted by atomic mass is 10.1. The maximum Gasteiger partial charge on any atom is 0.428 e. The molecule has 0 aromatic carbocycles. The van der Waals surface area contributed by atoms with Crippen LogP contribution in [-0.2, 0) is 9.53 Å². The van der Waals surface area contributed by atoms with E-state index in [-0.39, 0.29) is 6.61 Å². The lowest BCUT2D eigenvalue weighted by molar-refractivity contribution is -0.152. The van der Waals surface area contributed by atoms with Crippen LogP contribution in [0.2, 0.25) is 0 Å². The quantitative estimate of drug-likeness (QED) is 0.208. The summed E-state index contributed by atoms with van der Waals surface area (Å²) in [6.45, 7) is 1.86. The van der Waals surface area contributed by atoms with Gasteiger partial charge >= 0.3 is 12.1 Å². The Bertz CT molecular complexity index is 346. The van der Waals surface area contributed by atoms with Gasteiger partial charge in [0.25, 0.3) is 6.08 Å². The van der Waals surface area contributed by atoms with Crippen LogP contribution in [0.3, 0.4) is 0 Å². The Morgan fingerprint density at radius 3 is 1.73 bits per heavy atom. The number of esters is 1. The normalized spacial score (nSPS) is 11.4. The fourth-order valence-corrected chi connectivity index (χ4v) is 1.95. The molecule has 0 atom stereocenters. The van der Waals surface area contributed by atoms with Gasteiger partial charge in [-0.05, 0) is 6.42 Å². The van der Waals surface area contributed by atoms with E-state index in [0.29, 0.717) is 12.8 Å². The summed E-state index contributed by atoms with van der Waals surface area (Å²) in [6.07, 6.45) is 0.396. The zero-order chi connectivity index (χ0) is 17.0. The van der Waals surface area contributed by atoms with Gasteiger partial charge in [0.1, 0.15) is 0 Å². The predicted octanol–water partition coefficient (Wildman–Crippen LogP) is 5.77. The molecule has 22 heavy (non-hydrogen) atoms. The van der Waals surface area contributed by atoms with Gasteiger partial charge in [-0.1, -0.05) is 58.3 Å². The molecule has 0 radical (unpaired) electrons. The van der Waals surface area contributed by atoms with Crippen molar-refractivity contribution in [3.8, 4) is 0 Å². The molecular formula is C15H23F5O2. The van der Waals surface area contributed by atoms with Crippen molar-refractivity contribution in [2.24, 2.45) is 0 Å². The van der Waals surface area contributed by atoms with Gasteiger partial charge in [0.05, 0.1) is 6.61 Å². The second-order valence-electron chi connectivity index (χ2n) is 5.10. The maximum atomic E-state index is 12.2. The van der Waals surface area contributed by atoms with Crippen LogP contribution in [0, 0.1) is 0 Å². The highest BCUT2D eigenvalue weighted by molar-refractivity contribution is 5.90. The summed E-state index contributed by atoms with van der Waals surface area (Å²) in [7, 11) is 0. The van der Waals surface area contributed by atoms with E-state index in [0.717, 1.165) is 19.3 Å². The monoisotopic (exact) mass is 330 g/mol. The number of unbranched alkanes of at least 4 members (excludes halogenated alkanes) is 8. The third kappa shape index (κ3) is 9.73. The summed E-state index contributed by atoms with van der Waals surface area (Å²) in [4.78, 5) is 11.0. The third-order valence-corrected chi connectivity index (χ3v) is 3.16. The molecule has 0 aliphatic heterocycles. The molecule has 0 heterocycles. The number of hydrogen-bond acceptors (Lipinski definition) is 2. The van der Waals surface area contributed by atoms with Crippen molar-refractivity contribution in [2.75, 3.05) is 6.61 Å². The fraction of sp³-hybridized carbons (Fsp3) is 0.800. The number of carbonyl (C=O) groups excluding carboxylic acids is 1. The lowest BCUT2D eigenvalue weighted by Crippen LogP contribution is -2.23. The molecule has 0 aliphatic carbocycles. The highest BCUT2D eigenvalue weighted by atomic mass is 19.4. The predicted molar refractivity (Wildman–Crippen MR) is 73.5 cm³/mol. The van der Waals surface area contributed by atoms with E-state index in [2.05, 4.69) is 11.7 Å². The number of ether oxygens (including phenoxy) is 1. The van der Waals surface area contributed by atoms with Crippen LogP contribution in [0.1, 0.15) is 64.7 Å². The molecule has 130 valence electrons. The first-order chi connectivity index (χ1) is 10.3. The van der Waals surface area contributed by atoms with Crippen LogP contribution in [0.15, 0.2) is 11.7 Å². The number of halogens is 5. The van der Waals surface area contributed by atoms with Gasteiger partial charge in [-0.25, -0.2) is 4.79 Å². The zero-order valence-electron chi connectivity index (χ0n) is 12.8. The van der Waals surface area contributed by atoms with Gasteiger partial charge in [-0.15, -0.1) is 0 Å². The van der Waals surface area contributed by atoms with E-state index in [4.69, 9.17) is 0 Å².